The zero-order chi connectivity index (χ0) is 26.8. The Morgan fingerprint density at radius 3 is 2.27 bits per heavy atom. The number of nitrogens with zero attached hydrogens (tertiary/aromatic N) is 1. The highest BCUT2D eigenvalue weighted by molar-refractivity contribution is 7.46. The van der Waals surface area contributed by atoms with Crippen LogP contribution in [0.4, 0.5) is 18.0 Å². The SMILES string of the molecule is C[C@@H](c1ccc(-c2ccc(F)cc2F)cc1)N1CCC(CCOP(=O)(O)O)(c2ccc(F)cc2)OC1=O. The zero-order valence-corrected chi connectivity index (χ0v) is 20.7. The Hall–Kier alpha value is -3.17. The molecule has 0 spiro atoms. The van der Waals surface area contributed by atoms with Gasteiger partial charge in [-0.2, -0.15) is 0 Å². The normalized spacial score (nSPS) is 19.0. The third-order valence-corrected chi connectivity index (χ3v) is 7.03. The highest BCUT2D eigenvalue weighted by Gasteiger charge is 2.43. The van der Waals surface area contributed by atoms with Crippen LogP contribution >= 0.6 is 7.82 Å². The molecule has 1 unspecified atom stereocenters. The van der Waals surface area contributed by atoms with E-state index in [2.05, 4.69) is 4.52 Å². The molecule has 3 aromatic carbocycles. The minimum atomic E-state index is -4.73. The average Bonchev–Trinajstić information content (AvgIpc) is 2.83. The fraction of sp³-hybridized carbons (Fsp3) is 0.269. The minimum Gasteiger partial charge on any atom is -0.438 e. The number of phosphoric acid groups is 1. The van der Waals surface area contributed by atoms with Crippen LogP contribution in [0, 0.1) is 17.5 Å². The predicted octanol–water partition coefficient (Wildman–Crippen LogP) is 6.07. The van der Waals surface area contributed by atoms with Crippen molar-refractivity contribution < 1.29 is 41.6 Å². The van der Waals surface area contributed by atoms with Gasteiger partial charge >= 0.3 is 13.9 Å². The van der Waals surface area contributed by atoms with Crippen LogP contribution in [-0.2, 0) is 19.4 Å². The Balaban J connectivity index is 1.52. The Bertz CT molecular complexity index is 1310. The summed E-state index contributed by atoms with van der Waals surface area (Å²) in [6.07, 6.45) is -0.443. The maximum atomic E-state index is 14.1. The van der Waals surface area contributed by atoms with E-state index in [0.29, 0.717) is 11.1 Å². The molecule has 4 rings (SSSR count). The molecule has 2 N–H and O–H groups in total. The number of hydrogen-bond donors (Lipinski definition) is 2. The van der Waals surface area contributed by atoms with Gasteiger partial charge in [0.25, 0.3) is 0 Å². The highest BCUT2D eigenvalue weighted by Crippen LogP contribution is 2.42. The molecule has 0 radical (unpaired) electrons. The number of ether oxygens (including phenoxy) is 1. The van der Waals surface area contributed by atoms with Crippen LogP contribution in [0.25, 0.3) is 11.1 Å². The van der Waals surface area contributed by atoms with Crippen LogP contribution in [0.5, 0.6) is 0 Å². The maximum Gasteiger partial charge on any atom is 0.469 e. The second kappa shape index (κ2) is 10.7. The fourth-order valence-electron chi connectivity index (χ4n) is 4.47. The number of benzene rings is 3. The van der Waals surface area contributed by atoms with Crippen LogP contribution in [0.3, 0.4) is 0 Å². The first-order chi connectivity index (χ1) is 17.5. The van der Waals surface area contributed by atoms with Crippen LogP contribution in [-0.4, -0.2) is 33.9 Å². The molecule has 0 aliphatic carbocycles. The van der Waals surface area contributed by atoms with Gasteiger partial charge in [0.05, 0.1) is 12.6 Å². The van der Waals surface area contributed by atoms with Gasteiger partial charge in [-0.15, -0.1) is 0 Å². The van der Waals surface area contributed by atoms with E-state index in [-0.39, 0.29) is 31.6 Å². The molecule has 1 saturated heterocycles. The summed E-state index contributed by atoms with van der Waals surface area (Å²) in [5.41, 5.74) is 0.770. The van der Waals surface area contributed by atoms with Gasteiger partial charge in [-0.05, 0) is 47.9 Å². The largest absolute Gasteiger partial charge is 0.469 e. The van der Waals surface area contributed by atoms with Gasteiger partial charge in [-0.25, -0.2) is 22.5 Å². The lowest BCUT2D eigenvalue weighted by Gasteiger charge is -2.43. The molecule has 7 nitrogen and oxygen atoms in total. The van der Waals surface area contributed by atoms with Crippen molar-refractivity contribution in [2.45, 2.75) is 31.4 Å². The average molecular weight is 535 g/mol. The molecule has 11 heteroatoms. The molecule has 0 aromatic heterocycles. The number of carbonyl (C=O) groups excluding carboxylic acids is 1. The third-order valence-electron chi connectivity index (χ3n) is 6.51. The molecule has 1 amide bonds. The number of phosphoric ester groups is 1. The Morgan fingerprint density at radius 2 is 1.68 bits per heavy atom. The summed E-state index contributed by atoms with van der Waals surface area (Å²) in [6, 6.07) is 15.1. The van der Waals surface area contributed by atoms with Gasteiger partial charge in [0.1, 0.15) is 23.1 Å². The molecule has 2 atom stereocenters. The van der Waals surface area contributed by atoms with Gasteiger partial charge < -0.3 is 19.4 Å². The van der Waals surface area contributed by atoms with E-state index in [4.69, 9.17) is 14.5 Å². The Labute approximate surface area is 211 Å². The standard InChI is InChI=1S/C26H25F3NO6P/c1-17(18-2-4-19(5-3-18)23-11-10-22(28)16-24(23)29)30-14-12-26(36-25(30)31,13-15-35-37(32,33)34)20-6-8-21(27)9-7-20/h2-11,16-17H,12-15H2,1H3,(H2,32,33,34)/t17-,26?/m0/s1. The van der Waals surface area contributed by atoms with Crippen molar-refractivity contribution in [3.8, 4) is 11.1 Å². The summed E-state index contributed by atoms with van der Waals surface area (Å²) in [7, 11) is -4.73. The number of cyclic esters (lactones) is 1. The van der Waals surface area contributed by atoms with Gasteiger partial charge in [-0.1, -0.05) is 36.4 Å². The van der Waals surface area contributed by atoms with Crippen LogP contribution in [0.1, 0.15) is 36.9 Å². The number of amides is 1. The van der Waals surface area contributed by atoms with Crippen molar-refractivity contribution in [3.05, 3.63) is 95.3 Å². The number of halogens is 3. The van der Waals surface area contributed by atoms with Gasteiger partial charge in [0.2, 0.25) is 0 Å². The number of hydrogen-bond acceptors (Lipinski definition) is 4. The molecule has 1 aliphatic heterocycles. The second-order valence-electron chi connectivity index (χ2n) is 8.81. The highest BCUT2D eigenvalue weighted by atomic mass is 31.2. The molecule has 0 bridgehead atoms. The Morgan fingerprint density at radius 1 is 1.03 bits per heavy atom. The molecule has 1 heterocycles. The van der Waals surface area contributed by atoms with Gasteiger partial charge in [0.15, 0.2) is 0 Å². The topological polar surface area (TPSA) is 96.3 Å². The van der Waals surface area contributed by atoms with E-state index >= 15 is 0 Å². The number of carbonyl (C=O) groups is 1. The summed E-state index contributed by atoms with van der Waals surface area (Å²) in [6.45, 7) is 1.66. The van der Waals surface area contributed by atoms with Crippen LogP contribution in [0.2, 0.25) is 0 Å². The summed E-state index contributed by atoms with van der Waals surface area (Å²) < 4.78 is 62.4. The lowest BCUT2D eigenvalue weighted by molar-refractivity contribution is -0.0713. The van der Waals surface area contributed by atoms with E-state index in [1.165, 1.54) is 41.3 Å². The monoisotopic (exact) mass is 535 g/mol. The zero-order valence-electron chi connectivity index (χ0n) is 19.8. The van der Waals surface area contributed by atoms with E-state index in [9.17, 15) is 22.5 Å². The van der Waals surface area contributed by atoms with E-state index < -0.39 is 43.0 Å². The maximum absolute atomic E-state index is 14.1. The van der Waals surface area contributed by atoms with Crippen LogP contribution in [0.15, 0.2) is 66.7 Å². The third kappa shape index (κ3) is 6.22. The molecular weight excluding hydrogens is 510 g/mol. The molecule has 1 aliphatic rings. The van der Waals surface area contributed by atoms with Crippen molar-refractivity contribution in [3.63, 3.8) is 0 Å². The van der Waals surface area contributed by atoms with Crippen molar-refractivity contribution in [2.24, 2.45) is 0 Å². The van der Waals surface area contributed by atoms with E-state index in [1.807, 2.05) is 0 Å². The summed E-state index contributed by atoms with van der Waals surface area (Å²) in [5, 5.41) is 0. The minimum absolute atomic E-state index is 0.0460. The molecule has 3 aromatic rings. The number of rotatable bonds is 8. The van der Waals surface area contributed by atoms with Crippen molar-refractivity contribution in [2.75, 3.05) is 13.2 Å². The lowest BCUT2D eigenvalue weighted by Crippen LogP contribution is -2.49. The molecule has 1 fully saturated rings. The molecule has 37 heavy (non-hydrogen) atoms. The second-order valence-corrected chi connectivity index (χ2v) is 10.0. The summed E-state index contributed by atoms with van der Waals surface area (Å²) in [5.74, 6) is -1.83. The van der Waals surface area contributed by atoms with E-state index in [1.54, 1.807) is 31.2 Å². The molecule has 0 saturated carbocycles. The van der Waals surface area contributed by atoms with Crippen molar-refractivity contribution >= 4 is 13.9 Å². The molecule has 196 valence electrons. The molecular formula is C26H25F3NO6P. The smallest absolute Gasteiger partial charge is 0.438 e. The quantitative estimate of drug-likeness (QED) is 0.340. The van der Waals surface area contributed by atoms with Gasteiger partial charge in [0, 0.05) is 31.0 Å². The van der Waals surface area contributed by atoms with E-state index in [0.717, 1.165) is 11.6 Å². The summed E-state index contributed by atoms with van der Waals surface area (Å²) in [4.78, 5) is 32.7. The predicted molar refractivity (Wildman–Crippen MR) is 129 cm³/mol. The first kappa shape index (κ1) is 26.9. The summed E-state index contributed by atoms with van der Waals surface area (Å²) >= 11 is 0. The van der Waals surface area contributed by atoms with Crippen molar-refractivity contribution in [1.29, 1.82) is 0 Å². The first-order valence-corrected chi connectivity index (χ1v) is 13.0. The van der Waals surface area contributed by atoms with Crippen LogP contribution < -0.4 is 0 Å². The van der Waals surface area contributed by atoms with Gasteiger partial charge in [-0.3, -0.25) is 4.52 Å². The first-order valence-electron chi connectivity index (χ1n) is 11.5. The Kier molecular flexibility index (Phi) is 7.75. The fourth-order valence-corrected chi connectivity index (χ4v) is 4.80. The van der Waals surface area contributed by atoms with Crippen molar-refractivity contribution in [1.82, 2.24) is 4.90 Å². The lowest BCUT2D eigenvalue weighted by atomic mass is 9.85.